The highest BCUT2D eigenvalue weighted by molar-refractivity contribution is 7.09. The molecule has 1 spiro atoms. The van der Waals surface area contributed by atoms with Crippen molar-refractivity contribution >= 4 is 11.3 Å². The van der Waals surface area contributed by atoms with Crippen molar-refractivity contribution in [2.45, 2.75) is 19.5 Å². The molecule has 0 unspecified atom stereocenters. The molecule has 2 saturated heterocycles. The van der Waals surface area contributed by atoms with E-state index < -0.39 is 0 Å². The molecule has 110 valence electrons. The first-order chi connectivity index (χ1) is 10.3. The van der Waals surface area contributed by atoms with Crippen molar-refractivity contribution in [3.05, 3.63) is 46.7 Å². The fourth-order valence-corrected chi connectivity index (χ4v) is 4.36. The maximum atomic E-state index is 4.38. The van der Waals surface area contributed by atoms with Gasteiger partial charge < -0.3 is 0 Å². The Kier molecular flexibility index (Phi) is 3.49. The number of hydrogen-bond donors (Lipinski definition) is 0. The van der Waals surface area contributed by atoms with E-state index in [0.717, 1.165) is 13.1 Å². The van der Waals surface area contributed by atoms with Gasteiger partial charge in [0.1, 0.15) is 5.01 Å². The fraction of sp³-hybridized carbons (Fsp3) is 0.500. The molecule has 0 saturated carbocycles. The third kappa shape index (κ3) is 2.86. The highest BCUT2D eigenvalue weighted by atomic mass is 32.1. The van der Waals surface area contributed by atoms with Crippen LogP contribution in [-0.4, -0.2) is 45.9 Å². The predicted molar refractivity (Wildman–Crippen MR) is 84.0 cm³/mol. The molecule has 21 heavy (non-hydrogen) atoms. The van der Waals surface area contributed by atoms with Crippen molar-refractivity contribution in [2.24, 2.45) is 5.41 Å². The number of nitrogens with zero attached hydrogens (tertiary/aromatic N) is 4. The maximum absolute atomic E-state index is 4.38. The molecule has 2 aromatic heterocycles. The van der Waals surface area contributed by atoms with Gasteiger partial charge in [-0.15, -0.1) is 11.3 Å². The van der Waals surface area contributed by atoms with Gasteiger partial charge in [0.15, 0.2) is 0 Å². The molecular weight excluding hydrogens is 280 g/mol. The number of hydrogen-bond acceptors (Lipinski definition) is 5. The highest BCUT2D eigenvalue weighted by Gasteiger charge is 2.47. The summed E-state index contributed by atoms with van der Waals surface area (Å²) >= 11 is 1.76. The first kappa shape index (κ1) is 13.4. The van der Waals surface area contributed by atoms with E-state index in [4.69, 9.17) is 0 Å². The quantitative estimate of drug-likeness (QED) is 0.867. The zero-order chi connectivity index (χ0) is 14.1. The van der Waals surface area contributed by atoms with Gasteiger partial charge in [0.2, 0.25) is 0 Å². The van der Waals surface area contributed by atoms with E-state index in [0.29, 0.717) is 5.41 Å². The van der Waals surface area contributed by atoms with Crippen LogP contribution < -0.4 is 0 Å². The van der Waals surface area contributed by atoms with E-state index in [2.05, 4.69) is 37.3 Å². The summed E-state index contributed by atoms with van der Waals surface area (Å²) in [7, 11) is 0. The molecule has 4 nitrogen and oxygen atoms in total. The highest BCUT2D eigenvalue weighted by Crippen LogP contribution is 2.40. The van der Waals surface area contributed by atoms with Crippen molar-refractivity contribution in [2.75, 3.05) is 26.2 Å². The molecule has 4 heterocycles. The summed E-state index contributed by atoms with van der Waals surface area (Å²) in [6, 6.07) is 4.25. The Morgan fingerprint density at radius 3 is 2.62 bits per heavy atom. The number of aromatic nitrogens is 2. The van der Waals surface area contributed by atoms with Crippen molar-refractivity contribution in [1.82, 2.24) is 19.8 Å². The van der Waals surface area contributed by atoms with Gasteiger partial charge in [0, 0.05) is 55.6 Å². The Labute approximate surface area is 129 Å². The Morgan fingerprint density at radius 2 is 1.86 bits per heavy atom. The second-order valence-corrected chi connectivity index (χ2v) is 7.37. The fourth-order valence-electron chi connectivity index (χ4n) is 3.70. The van der Waals surface area contributed by atoms with Crippen LogP contribution in [-0.2, 0) is 13.1 Å². The lowest BCUT2D eigenvalue weighted by Gasteiger charge is -2.48. The molecule has 4 rings (SSSR count). The van der Waals surface area contributed by atoms with E-state index in [1.54, 1.807) is 11.3 Å². The molecule has 2 aliphatic heterocycles. The molecule has 0 atom stereocenters. The molecule has 0 aromatic carbocycles. The molecule has 0 bridgehead atoms. The molecule has 2 fully saturated rings. The summed E-state index contributed by atoms with van der Waals surface area (Å²) in [5, 5.41) is 3.31. The minimum absolute atomic E-state index is 0.546. The molecule has 2 aromatic rings. The van der Waals surface area contributed by atoms with E-state index in [1.807, 2.05) is 18.6 Å². The van der Waals surface area contributed by atoms with Crippen LogP contribution in [0.2, 0.25) is 0 Å². The minimum atomic E-state index is 0.546. The summed E-state index contributed by atoms with van der Waals surface area (Å²) in [5.41, 5.74) is 1.92. The van der Waals surface area contributed by atoms with E-state index in [1.165, 1.54) is 43.2 Å². The summed E-state index contributed by atoms with van der Waals surface area (Å²) in [6.45, 7) is 7.04. The van der Waals surface area contributed by atoms with E-state index >= 15 is 0 Å². The third-order valence-electron chi connectivity index (χ3n) is 4.63. The number of likely N-dealkylation sites (tertiary alicyclic amines) is 2. The van der Waals surface area contributed by atoms with Crippen molar-refractivity contribution in [3.8, 4) is 0 Å². The largest absolute Gasteiger partial charge is 0.298 e. The van der Waals surface area contributed by atoms with Crippen molar-refractivity contribution < 1.29 is 0 Å². The Hall–Kier alpha value is -1.30. The lowest BCUT2D eigenvalue weighted by molar-refractivity contribution is 0.00157. The second-order valence-electron chi connectivity index (χ2n) is 6.39. The Bertz CT molecular complexity index is 578. The summed E-state index contributed by atoms with van der Waals surface area (Å²) < 4.78 is 0. The average molecular weight is 300 g/mol. The first-order valence-corrected chi connectivity index (χ1v) is 8.41. The van der Waals surface area contributed by atoms with Crippen LogP contribution >= 0.6 is 11.3 Å². The lowest BCUT2D eigenvalue weighted by atomic mass is 9.79. The molecular formula is C16H20N4S. The Balaban J connectivity index is 1.29. The number of rotatable bonds is 4. The first-order valence-electron chi connectivity index (χ1n) is 7.53. The van der Waals surface area contributed by atoms with Gasteiger partial charge in [-0.25, -0.2) is 4.98 Å². The van der Waals surface area contributed by atoms with Crippen LogP contribution in [0.25, 0.3) is 0 Å². The van der Waals surface area contributed by atoms with Crippen LogP contribution in [0.15, 0.2) is 36.1 Å². The van der Waals surface area contributed by atoms with Crippen LogP contribution in [0.4, 0.5) is 0 Å². The molecule has 0 aliphatic carbocycles. The standard InChI is InChI=1S/C16H20N4S/c1-4-17-5-2-14(1)9-19-7-3-16(11-19)12-20(13-16)10-15-18-6-8-21-15/h1-2,4-6,8H,3,7,9-13H2. The van der Waals surface area contributed by atoms with Gasteiger partial charge in [-0.3, -0.25) is 14.8 Å². The monoisotopic (exact) mass is 300 g/mol. The van der Waals surface area contributed by atoms with Gasteiger partial charge in [-0.05, 0) is 30.7 Å². The Morgan fingerprint density at radius 1 is 1.05 bits per heavy atom. The van der Waals surface area contributed by atoms with Crippen LogP contribution in [0.5, 0.6) is 0 Å². The second kappa shape index (κ2) is 5.48. The van der Waals surface area contributed by atoms with Gasteiger partial charge in [-0.1, -0.05) is 0 Å². The van der Waals surface area contributed by atoms with Gasteiger partial charge >= 0.3 is 0 Å². The minimum Gasteiger partial charge on any atom is -0.298 e. The van der Waals surface area contributed by atoms with Crippen LogP contribution in [0.1, 0.15) is 17.0 Å². The molecule has 0 amide bonds. The van der Waals surface area contributed by atoms with E-state index in [9.17, 15) is 0 Å². The number of thiazole rings is 1. The zero-order valence-electron chi connectivity index (χ0n) is 12.1. The van der Waals surface area contributed by atoms with Crippen LogP contribution in [0, 0.1) is 5.41 Å². The molecule has 5 heteroatoms. The predicted octanol–water partition coefficient (Wildman–Crippen LogP) is 2.25. The van der Waals surface area contributed by atoms with Gasteiger partial charge in [-0.2, -0.15) is 0 Å². The summed E-state index contributed by atoms with van der Waals surface area (Å²) in [5.74, 6) is 0. The smallest absolute Gasteiger partial charge is 0.107 e. The topological polar surface area (TPSA) is 32.3 Å². The van der Waals surface area contributed by atoms with Crippen molar-refractivity contribution in [1.29, 1.82) is 0 Å². The molecule has 0 N–H and O–H groups in total. The van der Waals surface area contributed by atoms with E-state index in [-0.39, 0.29) is 0 Å². The van der Waals surface area contributed by atoms with Crippen molar-refractivity contribution in [3.63, 3.8) is 0 Å². The maximum Gasteiger partial charge on any atom is 0.107 e. The van der Waals surface area contributed by atoms with Gasteiger partial charge in [0.25, 0.3) is 0 Å². The zero-order valence-corrected chi connectivity index (χ0v) is 12.9. The number of pyridine rings is 1. The lowest BCUT2D eigenvalue weighted by Crippen LogP contribution is -2.56. The third-order valence-corrected chi connectivity index (χ3v) is 5.40. The summed E-state index contributed by atoms with van der Waals surface area (Å²) in [4.78, 5) is 13.6. The van der Waals surface area contributed by atoms with Gasteiger partial charge in [0.05, 0.1) is 6.54 Å². The molecule has 2 aliphatic rings. The summed E-state index contributed by atoms with van der Waals surface area (Å²) in [6.07, 6.45) is 7.02. The molecule has 0 radical (unpaired) electrons. The average Bonchev–Trinajstić information content (AvgIpc) is 3.10. The van der Waals surface area contributed by atoms with Crippen LogP contribution in [0.3, 0.4) is 0 Å². The normalized spacial score (nSPS) is 21.7. The SMILES string of the molecule is c1cc(CN2CCC3(C2)CN(Cc2nccs2)C3)ccn1.